The Morgan fingerprint density at radius 1 is 1.14 bits per heavy atom. The molecule has 0 saturated heterocycles. The maximum atomic E-state index is 13.6. The molecule has 2 aromatic carbocycles. The smallest absolute Gasteiger partial charge is 0.322 e. The highest BCUT2D eigenvalue weighted by molar-refractivity contribution is 6.03. The van der Waals surface area contributed by atoms with Gasteiger partial charge in [-0.15, -0.1) is 0 Å². The Labute approximate surface area is 204 Å². The van der Waals surface area contributed by atoms with E-state index in [2.05, 4.69) is 10.6 Å². The van der Waals surface area contributed by atoms with Crippen LogP contribution in [0.15, 0.2) is 65.9 Å². The van der Waals surface area contributed by atoms with Crippen molar-refractivity contribution in [2.75, 3.05) is 33.4 Å². The van der Waals surface area contributed by atoms with E-state index in [0.717, 1.165) is 5.56 Å². The maximum Gasteiger partial charge on any atom is 0.322 e. The van der Waals surface area contributed by atoms with E-state index in [1.807, 2.05) is 61.5 Å². The number of nitrogens with one attached hydrogen (secondary N) is 2. The number of carbonyl (C=O) groups is 3. The van der Waals surface area contributed by atoms with Crippen LogP contribution in [-0.4, -0.2) is 67.0 Å². The van der Waals surface area contributed by atoms with E-state index in [0.29, 0.717) is 42.5 Å². The number of methoxy groups -OCH3 is 1. The van der Waals surface area contributed by atoms with Gasteiger partial charge in [-0.3, -0.25) is 14.5 Å². The molecule has 0 spiro atoms. The Kier molecular flexibility index (Phi) is 7.36. The van der Waals surface area contributed by atoms with Crippen molar-refractivity contribution < 1.29 is 23.9 Å². The fraction of sp³-hybridized carbons (Fsp3) is 0.346. The number of likely N-dealkylation sites (N-methyl/N-ethyl adjacent to an activating group) is 1. The van der Waals surface area contributed by atoms with Gasteiger partial charge in [0, 0.05) is 20.2 Å². The molecule has 0 aliphatic carbocycles. The predicted molar refractivity (Wildman–Crippen MR) is 130 cm³/mol. The highest BCUT2D eigenvalue weighted by Crippen LogP contribution is 2.38. The zero-order chi connectivity index (χ0) is 24.9. The molecule has 0 fully saturated rings. The summed E-state index contributed by atoms with van der Waals surface area (Å²) in [6, 6.07) is 15.1. The molecule has 0 saturated carbocycles. The second-order valence-electron chi connectivity index (χ2n) is 8.37. The van der Waals surface area contributed by atoms with Gasteiger partial charge in [-0.25, -0.2) is 4.79 Å². The van der Waals surface area contributed by atoms with Gasteiger partial charge >= 0.3 is 6.03 Å². The third kappa shape index (κ3) is 5.00. The molecule has 2 aliphatic rings. The van der Waals surface area contributed by atoms with Crippen LogP contribution in [0.2, 0.25) is 0 Å². The number of para-hydroxylation sites is 1. The Morgan fingerprint density at radius 2 is 1.89 bits per heavy atom. The standard InChI is InChI=1S/C26H30N4O5/c1-4-29-21-16-30(17(2)24(31)27-13-14-34-3)25(32)22(21)23(28-26(29)33)18-9-8-12-20(15-18)35-19-10-6-5-7-11-19/h5-12,15,17,23H,4,13-14,16H2,1-3H3,(H,27,31)(H,28,33)/t17-,23+/m0/s1. The van der Waals surface area contributed by atoms with Gasteiger partial charge in [-0.2, -0.15) is 0 Å². The van der Waals surface area contributed by atoms with Crippen LogP contribution in [0.4, 0.5) is 4.79 Å². The van der Waals surface area contributed by atoms with Crippen molar-refractivity contribution in [2.45, 2.75) is 25.9 Å². The van der Waals surface area contributed by atoms with Crippen molar-refractivity contribution in [1.29, 1.82) is 0 Å². The first-order valence-electron chi connectivity index (χ1n) is 11.7. The fourth-order valence-electron chi connectivity index (χ4n) is 4.36. The first-order chi connectivity index (χ1) is 16.9. The van der Waals surface area contributed by atoms with Crippen molar-refractivity contribution in [1.82, 2.24) is 20.4 Å². The minimum Gasteiger partial charge on any atom is -0.457 e. The van der Waals surface area contributed by atoms with Crippen LogP contribution in [0.1, 0.15) is 25.5 Å². The minimum atomic E-state index is -0.702. The number of nitrogens with zero attached hydrogens (tertiary/aromatic N) is 2. The Hall–Kier alpha value is -3.85. The molecule has 4 amide bonds. The molecule has 2 aromatic rings. The second kappa shape index (κ2) is 10.6. The topological polar surface area (TPSA) is 100 Å². The van der Waals surface area contributed by atoms with Crippen LogP contribution in [0.3, 0.4) is 0 Å². The third-order valence-corrected chi connectivity index (χ3v) is 6.19. The molecule has 0 aromatic heterocycles. The average Bonchev–Trinajstić information content (AvgIpc) is 3.20. The van der Waals surface area contributed by atoms with Crippen LogP contribution >= 0.6 is 0 Å². The number of rotatable bonds is 9. The molecule has 9 nitrogen and oxygen atoms in total. The van der Waals surface area contributed by atoms with Crippen molar-refractivity contribution in [3.05, 3.63) is 71.4 Å². The van der Waals surface area contributed by atoms with E-state index in [1.165, 1.54) is 4.90 Å². The molecule has 0 radical (unpaired) electrons. The van der Waals surface area contributed by atoms with Gasteiger partial charge in [-0.1, -0.05) is 30.3 Å². The zero-order valence-electron chi connectivity index (χ0n) is 20.1. The summed E-state index contributed by atoms with van der Waals surface area (Å²) < 4.78 is 10.9. The van der Waals surface area contributed by atoms with Crippen LogP contribution in [0, 0.1) is 0 Å². The lowest BCUT2D eigenvalue weighted by atomic mass is 9.95. The van der Waals surface area contributed by atoms with Gasteiger partial charge in [-0.05, 0) is 43.7 Å². The summed E-state index contributed by atoms with van der Waals surface area (Å²) in [4.78, 5) is 42.3. The number of hydrogen-bond donors (Lipinski definition) is 2. The third-order valence-electron chi connectivity index (χ3n) is 6.19. The number of benzene rings is 2. The summed E-state index contributed by atoms with van der Waals surface area (Å²) in [7, 11) is 1.56. The highest BCUT2D eigenvalue weighted by atomic mass is 16.5. The van der Waals surface area contributed by atoms with E-state index < -0.39 is 12.1 Å². The summed E-state index contributed by atoms with van der Waals surface area (Å²) in [5.74, 6) is 0.738. The first kappa shape index (κ1) is 24.3. The molecular formula is C26H30N4O5. The van der Waals surface area contributed by atoms with Crippen LogP contribution in [-0.2, 0) is 14.3 Å². The van der Waals surface area contributed by atoms with Crippen molar-refractivity contribution >= 4 is 17.8 Å². The second-order valence-corrected chi connectivity index (χ2v) is 8.37. The molecular weight excluding hydrogens is 448 g/mol. The number of carbonyl (C=O) groups excluding carboxylic acids is 3. The molecule has 2 aliphatic heterocycles. The summed E-state index contributed by atoms with van der Waals surface area (Å²) in [6.07, 6.45) is 0. The SMILES string of the molecule is CCN1C(=O)N[C@H](c2cccc(Oc3ccccc3)c2)C2=C1CN([C@@H](C)C(=O)NCCOC)C2=O. The number of ether oxygens (including phenoxy) is 2. The van der Waals surface area contributed by atoms with Crippen LogP contribution in [0.5, 0.6) is 11.5 Å². The quantitative estimate of drug-likeness (QED) is 0.540. The number of hydrogen-bond acceptors (Lipinski definition) is 5. The van der Waals surface area contributed by atoms with E-state index in [1.54, 1.807) is 18.9 Å². The molecule has 9 heteroatoms. The maximum absolute atomic E-state index is 13.6. The Bertz CT molecular complexity index is 1130. The Balaban J connectivity index is 1.61. The van der Waals surface area contributed by atoms with Crippen LogP contribution in [0.25, 0.3) is 0 Å². The molecule has 0 unspecified atom stereocenters. The van der Waals surface area contributed by atoms with E-state index in [4.69, 9.17) is 9.47 Å². The summed E-state index contributed by atoms with van der Waals surface area (Å²) >= 11 is 0. The van der Waals surface area contributed by atoms with Gasteiger partial charge < -0.3 is 25.0 Å². The number of amides is 4. The lowest BCUT2D eigenvalue weighted by molar-refractivity contribution is -0.135. The molecule has 2 N–H and O–H groups in total. The van der Waals surface area contributed by atoms with Crippen molar-refractivity contribution in [3.63, 3.8) is 0 Å². The zero-order valence-corrected chi connectivity index (χ0v) is 20.1. The van der Waals surface area contributed by atoms with Crippen molar-refractivity contribution in [3.8, 4) is 11.5 Å². The highest BCUT2D eigenvalue weighted by Gasteiger charge is 2.45. The van der Waals surface area contributed by atoms with Crippen LogP contribution < -0.4 is 15.4 Å². The monoisotopic (exact) mass is 478 g/mol. The van der Waals surface area contributed by atoms with Gasteiger partial charge in [0.15, 0.2) is 0 Å². The van der Waals surface area contributed by atoms with Gasteiger partial charge in [0.25, 0.3) is 5.91 Å². The largest absolute Gasteiger partial charge is 0.457 e. The van der Waals surface area contributed by atoms with E-state index >= 15 is 0 Å². The van der Waals surface area contributed by atoms with Crippen molar-refractivity contribution in [2.24, 2.45) is 0 Å². The molecule has 184 valence electrons. The summed E-state index contributed by atoms with van der Waals surface area (Å²) in [6.45, 7) is 4.87. The summed E-state index contributed by atoms with van der Waals surface area (Å²) in [5, 5.41) is 5.75. The summed E-state index contributed by atoms with van der Waals surface area (Å²) in [5.41, 5.74) is 1.82. The van der Waals surface area contributed by atoms with E-state index in [9.17, 15) is 14.4 Å². The average molecular weight is 479 g/mol. The normalized spacial score (nSPS) is 18.3. The fourth-order valence-corrected chi connectivity index (χ4v) is 4.36. The lowest BCUT2D eigenvalue weighted by Gasteiger charge is -2.33. The number of urea groups is 1. The molecule has 35 heavy (non-hydrogen) atoms. The molecule has 2 heterocycles. The lowest BCUT2D eigenvalue weighted by Crippen LogP contribution is -2.47. The minimum absolute atomic E-state index is 0.186. The van der Waals surface area contributed by atoms with Gasteiger partial charge in [0.1, 0.15) is 17.5 Å². The molecule has 0 bridgehead atoms. The predicted octanol–water partition coefficient (Wildman–Crippen LogP) is 2.81. The van der Waals surface area contributed by atoms with E-state index in [-0.39, 0.29) is 24.4 Å². The molecule has 4 rings (SSSR count). The Morgan fingerprint density at radius 3 is 2.60 bits per heavy atom. The van der Waals surface area contributed by atoms with Gasteiger partial charge in [0.2, 0.25) is 5.91 Å². The van der Waals surface area contributed by atoms with Gasteiger partial charge in [0.05, 0.1) is 30.5 Å². The molecule has 2 atom stereocenters. The first-order valence-corrected chi connectivity index (χ1v) is 11.7.